The summed E-state index contributed by atoms with van der Waals surface area (Å²) in [4.78, 5) is 0. The second-order valence-corrected chi connectivity index (χ2v) is 16.0. The van der Waals surface area contributed by atoms with Crippen LogP contribution >= 0.6 is 0 Å². The number of fused-ring (bicyclic) bond motifs is 13. The molecule has 0 saturated heterocycles. The van der Waals surface area contributed by atoms with Gasteiger partial charge >= 0.3 is 0 Å². The van der Waals surface area contributed by atoms with Crippen LogP contribution in [0, 0.1) is 0 Å². The monoisotopic (exact) mass is 712 g/mol. The Hall–Kier alpha value is -6.96. The topological polar surface area (TPSA) is 13.1 Å². The Balaban J connectivity index is 1.00. The molecule has 1 heterocycles. The molecule has 1 aliphatic carbocycles. The minimum absolute atomic E-state index is 0.210. The van der Waals surface area contributed by atoms with E-state index in [1.165, 1.54) is 109 Å². The average molecular weight is 713 g/mol. The summed E-state index contributed by atoms with van der Waals surface area (Å²) in [5.41, 5.74) is 14.4. The van der Waals surface area contributed by atoms with Crippen LogP contribution in [0.5, 0.6) is 0 Å². The predicted octanol–water partition coefficient (Wildman–Crippen LogP) is 15.5. The van der Waals surface area contributed by atoms with Crippen LogP contribution in [0.3, 0.4) is 0 Å². The second kappa shape index (κ2) is 11.5. The van der Waals surface area contributed by atoms with Gasteiger partial charge in [-0.2, -0.15) is 0 Å². The maximum absolute atomic E-state index is 6.73. The van der Waals surface area contributed by atoms with E-state index in [0.717, 1.165) is 11.2 Å². The van der Waals surface area contributed by atoms with Gasteiger partial charge in [0.05, 0.1) is 0 Å². The minimum Gasteiger partial charge on any atom is -0.455 e. The second-order valence-electron chi connectivity index (χ2n) is 16.0. The quantitative estimate of drug-likeness (QED) is 0.166. The van der Waals surface area contributed by atoms with Gasteiger partial charge < -0.3 is 4.42 Å². The van der Waals surface area contributed by atoms with E-state index in [2.05, 4.69) is 196 Å². The lowest BCUT2D eigenvalue weighted by atomic mass is 9.79. The number of benzene rings is 10. The first kappa shape index (κ1) is 31.4. The highest BCUT2D eigenvalue weighted by Crippen LogP contribution is 2.56. The lowest BCUT2D eigenvalue weighted by Crippen LogP contribution is -2.15. The first-order valence-electron chi connectivity index (χ1n) is 19.6. The molecule has 0 N–H and O–H groups in total. The van der Waals surface area contributed by atoms with Crippen molar-refractivity contribution in [1.82, 2.24) is 0 Å². The fraction of sp³-hybridized carbons (Fsp3) is 0.0545. The maximum Gasteiger partial charge on any atom is 0.144 e. The van der Waals surface area contributed by atoms with Crippen molar-refractivity contribution >= 4 is 65.0 Å². The van der Waals surface area contributed by atoms with Crippen molar-refractivity contribution in [1.29, 1.82) is 0 Å². The molecule has 1 aromatic heterocycles. The molecule has 0 unspecified atom stereocenters. The van der Waals surface area contributed by atoms with Crippen LogP contribution in [0.4, 0.5) is 0 Å². The molecule has 11 aromatic rings. The zero-order chi connectivity index (χ0) is 37.1. The molecule has 0 spiro atoms. The standard InChI is InChI=1S/C55H36O/c1-55(2)47-32-37(29-30-45(47)52-53(55)44-20-10-9-19-43(44)51-46-21-11-12-22-48(46)56-54(51)52)34-23-26-35(27-24-34)49-39-15-5-7-17-41(39)50(42-18-8-6-16-40(42)49)38-28-25-33-13-3-4-14-36(33)31-38/h3-32H,1-2H3. The van der Waals surface area contributed by atoms with Crippen LogP contribution in [-0.4, -0.2) is 0 Å². The first-order chi connectivity index (χ1) is 27.5. The maximum atomic E-state index is 6.73. The average Bonchev–Trinajstić information content (AvgIpc) is 3.75. The van der Waals surface area contributed by atoms with Crippen LogP contribution in [-0.2, 0) is 5.41 Å². The number of hydrogen-bond donors (Lipinski definition) is 0. The van der Waals surface area contributed by atoms with Crippen LogP contribution < -0.4 is 0 Å². The van der Waals surface area contributed by atoms with Gasteiger partial charge in [-0.05, 0) is 111 Å². The van der Waals surface area contributed by atoms with Gasteiger partial charge in [-0.25, -0.2) is 0 Å². The van der Waals surface area contributed by atoms with Crippen LogP contribution in [0.15, 0.2) is 186 Å². The summed E-state index contributed by atoms with van der Waals surface area (Å²) in [6, 6.07) is 67.0. The molecule has 1 aliphatic rings. The summed E-state index contributed by atoms with van der Waals surface area (Å²) in [5.74, 6) is 0. The zero-order valence-corrected chi connectivity index (χ0v) is 31.2. The fourth-order valence-electron chi connectivity index (χ4n) is 10.1. The molecule has 0 atom stereocenters. The smallest absolute Gasteiger partial charge is 0.144 e. The largest absolute Gasteiger partial charge is 0.455 e. The molecular weight excluding hydrogens is 677 g/mol. The van der Waals surface area contributed by atoms with Crippen LogP contribution in [0.1, 0.15) is 25.0 Å². The van der Waals surface area contributed by atoms with Gasteiger partial charge in [0.2, 0.25) is 0 Å². The summed E-state index contributed by atoms with van der Waals surface area (Å²) in [5, 5.41) is 12.5. The Morgan fingerprint density at radius 3 is 1.59 bits per heavy atom. The van der Waals surface area contributed by atoms with Crippen molar-refractivity contribution in [3.8, 4) is 44.5 Å². The molecule has 0 saturated carbocycles. The van der Waals surface area contributed by atoms with Gasteiger partial charge in [0.15, 0.2) is 0 Å². The highest BCUT2D eigenvalue weighted by atomic mass is 16.3. The molecule has 10 aromatic carbocycles. The van der Waals surface area contributed by atoms with E-state index in [9.17, 15) is 0 Å². The van der Waals surface area contributed by atoms with Crippen LogP contribution in [0.25, 0.3) is 110 Å². The molecule has 262 valence electrons. The van der Waals surface area contributed by atoms with E-state index in [-0.39, 0.29) is 5.41 Å². The summed E-state index contributed by atoms with van der Waals surface area (Å²) in [6.07, 6.45) is 0. The third kappa shape index (κ3) is 4.31. The van der Waals surface area contributed by atoms with Crippen molar-refractivity contribution in [3.63, 3.8) is 0 Å². The fourth-order valence-corrected chi connectivity index (χ4v) is 10.1. The van der Waals surface area contributed by atoms with E-state index in [1.54, 1.807) is 0 Å². The normalized spacial score (nSPS) is 13.3. The van der Waals surface area contributed by atoms with E-state index < -0.39 is 0 Å². The lowest BCUT2D eigenvalue weighted by molar-refractivity contribution is 0.658. The Labute approximate surface area is 325 Å². The van der Waals surface area contributed by atoms with E-state index >= 15 is 0 Å². The third-order valence-electron chi connectivity index (χ3n) is 12.6. The van der Waals surface area contributed by atoms with Gasteiger partial charge in [0, 0.05) is 21.8 Å². The number of hydrogen-bond acceptors (Lipinski definition) is 1. The molecule has 0 radical (unpaired) electrons. The highest BCUT2D eigenvalue weighted by Gasteiger charge is 2.40. The molecule has 1 nitrogen and oxygen atoms in total. The summed E-state index contributed by atoms with van der Waals surface area (Å²) in [7, 11) is 0. The Morgan fingerprint density at radius 2 is 0.893 bits per heavy atom. The molecule has 56 heavy (non-hydrogen) atoms. The van der Waals surface area contributed by atoms with Gasteiger partial charge in [0.25, 0.3) is 0 Å². The summed E-state index contributed by atoms with van der Waals surface area (Å²) in [6.45, 7) is 4.76. The number of rotatable bonds is 3. The van der Waals surface area contributed by atoms with Gasteiger partial charge in [-0.1, -0.05) is 178 Å². The van der Waals surface area contributed by atoms with Crippen molar-refractivity contribution in [2.45, 2.75) is 19.3 Å². The van der Waals surface area contributed by atoms with Gasteiger partial charge in [-0.15, -0.1) is 0 Å². The van der Waals surface area contributed by atoms with Crippen molar-refractivity contribution < 1.29 is 4.42 Å². The third-order valence-corrected chi connectivity index (χ3v) is 12.6. The minimum atomic E-state index is -0.210. The highest BCUT2D eigenvalue weighted by molar-refractivity contribution is 6.25. The Morgan fingerprint density at radius 1 is 0.375 bits per heavy atom. The summed E-state index contributed by atoms with van der Waals surface area (Å²) < 4.78 is 6.73. The molecule has 0 aliphatic heterocycles. The zero-order valence-electron chi connectivity index (χ0n) is 31.2. The van der Waals surface area contributed by atoms with Crippen molar-refractivity contribution in [2.24, 2.45) is 0 Å². The Kier molecular flexibility index (Phi) is 6.46. The molecule has 0 bridgehead atoms. The molecule has 0 fully saturated rings. The van der Waals surface area contributed by atoms with Crippen molar-refractivity contribution in [2.75, 3.05) is 0 Å². The Bertz CT molecular complexity index is 3370. The van der Waals surface area contributed by atoms with E-state index in [1.807, 2.05) is 0 Å². The SMILES string of the molecule is CC1(C)c2cc(-c3ccc(-c4c5ccccc5c(-c5ccc6ccccc6c5)c5ccccc45)cc3)ccc2-c2c1c1ccccc1c1c2oc2ccccc21. The molecular formula is C55H36O. The van der Waals surface area contributed by atoms with Gasteiger partial charge in [0.1, 0.15) is 11.2 Å². The number of furan rings is 1. The summed E-state index contributed by atoms with van der Waals surface area (Å²) >= 11 is 0. The van der Waals surface area contributed by atoms with E-state index in [0.29, 0.717) is 0 Å². The van der Waals surface area contributed by atoms with E-state index in [4.69, 9.17) is 4.42 Å². The first-order valence-corrected chi connectivity index (χ1v) is 19.6. The molecule has 0 amide bonds. The van der Waals surface area contributed by atoms with Crippen LogP contribution in [0.2, 0.25) is 0 Å². The van der Waals surface area contributed by atoms with Gasteiger partial charge in [-0.3, -0.25) is 0 Å². The predicted molar refractivity (Wildman–Crippen MR) is 238 cm³/mol. The number of para-hydroxylation sites is 1. The molecule has 1 heteroatoms. The molecule has 12 rings (SSSR count). The van der Waals surface area contributed by atoms with Crippen molar-refractivity contribution in [3.05, 3.63) is 193 Å². The lowest BCUT2D eigenvalue weighted by Gasteiger charge is -2.24.